The highest BCUT2D eigenvalue weighted by Crippen LogP contribution is 2.56. The van der Waals surface area contributed by atoms with E-state index < -0.39 is 0 Å². The minimum absolute atomic E-state index is 0.0258. The summed E-state index contributed by atoms with van der Waals surface area (Å²) in [5.41, 5.74) is 19.4. The maximum atomic E-state index is 6.91. The number of para-hydroxylation sites is 5. The molecule has 0 saturated heterocycles. The molecule has 252 valence electrons. The number of furan rings is 1. The van der Waals surface area contributed by atoms with Gasteiger partial charge in [0.2, 0.25) is 5.71 Å². The topological polar surface area (TPSA) is 26.2 Å². The van der Waals surface area contributed by atoms with Crippen molar-refractivity contribution >= 4 is 78.7 Å². The Bertz CT molecular complexity index is 3220. The van der Waals surface area contributed by atoms with Gasteiger partial charge in [0.15, 0.2) is 0 Å². The van der Waals surface area contributed by atoms with Crippen LogP contribution in [0.3, 0.4) is 0 Å². The first-order chi connectivity index (χ1) is 26.6. The third-order valence-electron chi connectivity index (χ3n) is 12.6. The molecule has 1 aliphatic carbocycles. The molecule has 5 heteroatoms. The van der Waals surface area contributed by atoms with Gasteiger partial charge in [0.25, 0.3) is 0 Å². The van der Waals surface area contributed by atoms with Gasteiger partial charge in [0.05, 0.1) is 10.9 Å². The monoisotopic (exact) mass is 689 g/mol. The smallest absolute Gasteiger partial charge is 0.332 e. The van der Waals surface area contributed by atoms with E-state index in [1.165, 1.54) is 77.3 Å². The van der Waals surface area contributed by atoms with E-state index in [-0.39, 0.29) is 12.3 Å². The molecule has 0 bridgehead atoms. The second kappa shape index (κ2) is 9.83. The summed E-state index contributed by atoms with van der Waals surface area (Å²) in [6.45, 7) is 4.81. The normalized spacial score (nSPS) is 14.2. The van der Waals surface area contributed by atoms with E-state index >= 15 is 0 Å². The van der Waals surface area contributed by atoms with Gasteiger partial charge in [-0.2, -0.15) is 0 Å². The molecule has 0 unspecified atom stereocenters. The maximum Gasteiger partial charge on any atom is 0.332 e. The summed E-state index contributed by atoms with van der Waals surface area (Å²) in [4.78, 5) is 2.40. The van der Waals surface area contributed by atoms with Crippen molar-refractivity contribution in [3.8, 4) is 27.9 Å². The van der Waals surface area contributed by atoms with Crippen LogP contribution in [0.25, 0.3) is 71.8 Å². The molecule has 13 rings (SSSR count). The summed E-state index contributed by atoms with van der Waals surface area (Å²) in [6.07, 6.45) is 0. The van der Waals surface area contributed by atoms with Gasteiger partial charge in [-0.05, 0) is 70.1 Å². The maximum absolute atomic E-state index is 6.91. The molecule has 0 amide bonds. The van der Waals surface area contributed by atoms with Crippen molar-refractivity contribution < 1.29 is 4.42 Å². The predicted molar refractivity (Wildman–Crippen MR) is 224 cm³/mol. The Hall–Kier alpha value is -6.72. The van der Waals surface area contributed by atoms with Crippen molar-refractivity contribution in [3.63, 3.8) is 0 Å². The van der Waals surface area contributed by atoms with Crippen LogP contribution in [0.5, 0.6) is 0 Å². The molecule has 4 nitrogen and oxygen atoms in total. The van der Waals surface area contributed by atoms with E-state index in [9.17, 15) is 0 Å². The highest BCUT2D eigenvalue weighted by atomic mass is 16.3. The third-order valence-corrected chi connectivity index (χ3v) is 12.6. The van der Waals surface area contributed by atoms with E-state index in [1.807, 2.05) is 0 Å². The minimum atomic E-state index is -0.186. The number of fused-ring (bicyclic) bond motifs is 14. The van der Waals surface area contributed by atoms with Gasteiger partial charge in [-0.25, -0.2) is 0 Å². The molecule has 54 heavy (non-hydrogen) atoms. The molecule has 0 fully saturated rings. The highest BCUT2D eigenvalue weighted by molar-refractivity contribution is 6.89. The van der Waals surface area contributed by atoms with Crippen LogP contribution in [0.4, 0.5) is 17.1 Å². The fourth-order valence-electron chi connectivity index (χ4n) is 10.6. The number of nitrogens with zero attached hydrogens (tertiary/aromatic N) is 3. The van der Waals surface area contributed by atoms with E-state index in [2.05, 4.69) is 186 Å². The summed E-state index contributed by atoms with van der Waals surface area (Å²) in [5, 5.41) is 4.89. The molecule has 0 radical (unpaired) electrons. The van der Waals surface area contributed by atoms with Crippen LogP contribution in [0.2, 0.25) is 0 Å². The van der Waals surface area contributed by atoms with Gasteiger partial charge >= 0.3 is 6.85 Å². The zero-order chi connectivity index (χ0) is 35.4. The fraction of sp³-hybridized carbons (Fsp3) is 0.0612. The summed E-state index contributed by atoms with van der Waals surface area (Å²) in [5.74, 6) is 0. The molecule has 0 spiro atoms. The Labute approximate surface area is 312 Å². The number of aromatic nitrogens is 2. The molecule has 2 aliphatic heterocycles. The lowest BCUT2D eigenvalue weighted by Gasteiger charge is -2.37. The van der Waals surface area contributed by atoms with Crippen LogP contribution in [-0.4, -0.2) is 15.9 Å². The molecule has 0 N–H and O–H groups in total. The van der Waals surface area contributed by atoms with Crippen LogP contribution in [-0.2, 0) is 5.41 Å². The van der Waals surface area contributed by atoms with Crippen LogP contribution < -0.4 is 15.8 Å². The van der Waals surface area contributed by atoms with E-state index in [4.69, 9.17) is 4.42 Å². The zero-order valence-electron chi connectivity index (χ0n) is 29.8. The molecule has 3 aliphatic rings. The average Bonchev–Trinajstić information content (AvgIpc) is 3.93. The lowest BCUT2D eigenvalue weighted by molar-refractivity contribution is 0.632. The Morgan fingerprint density at radius 2 is 1.24 bits per heavy atom. The average molecular weight is 690 g/mol. The van der Waals surface area contributed by atoms with Crippen molar-refractivity contribution in [3.05, 3.63) is 169 Å². The van der Waals surface area contributed by atoms with Crippen LogP contribution in [0, 0.1) is 0 Å². The van der Waals surface area contributed by atoms with E-state index in [0.29, 0.717) is 0 Å². The molecule has 0 saturated carbocycles. The zero-order valence-corrected chi connectivity index (χ0v) is 29.8. The first-order valence-electron chi connectivity index (χ1n) is 18.9. The highest BCUT2D eigenvalue weighted by Gasteiger charge is 2.48. The van der Waals surface area contributed by atoms with Crippen LogP contribution >= 0.6 is 0 Å². The predicted octanol–water partition coefficient (Wildman–Crippen LogP) is 11.2. The number of benzene rings is 7. The van der Waals surface area contributed by atoms with Crippen molar-refractivity contribution in [2.75, 3.05) is 4.90 Å². The number of anilines is 3. The van der Waals surface area contributed by atoms with Gasteiger partial charge in [0.1, 0.15) is 5.58 Å². The SMILES string of the molecule is CC1(C)c2ccccc2-c2c1n1c3c(cccc23)-c2cc(N(c3ccccc3)c3ccccc3)cc3c2B1c1cccc2c4c5ccccc5oc4n-3c12. The van der Waals surface area contributed by atoms with Gasteiger partial charge < -0.3 is 13.8 Å². The molecule has 5 heterocycles. The molecule has 7 aromatic carbocycles. The quantitative estimate of drug-likeness (QED) is 0.173. The Morgan fingerprint density at radius 3 is 2.06 bits per heavy atom. The standard InChI is InChI=1S/C49H32BN3O/c1-49(2)38-24-11-9-19-33(38)42-35-22-13-21-32-37-27-31(51(29-15-5-3-6-16-29)30-17-7-4-8-18-30)28-40-44(37)50(53(45(32)35)47(42)49)39-25-14-23-36-43-34-20-10-12-26-41(34)54-48(43)52(40)46(36)39/h3-28H,1-2H3. The summed E-state index contributed by atoms with van der Waals surface area (Å²) < 4.78 is 12.1. The molecular formula is C49H32BN3O. The fourth-order valence-corrected chi connectivity index (χ4v) is 10.6. The Balaban J connectivity index is 1.24. The Kier molecular flexibility index (Phi) is 5.24. The van der Waals surface area contributed by atoms with Crippen molar-refractivity contribution in [1.82, 2.24) is 9.05 Å². The van der Waals surface area contributed by atoms with Gasteiger partial charge in [0, 0.05) is 66.7 Å². The van der Waals surface area contributed by atoms with Crippen LogP contribution in [0.15, 0.2) is 162 Å². The Morgan fingerprint density at radius 1 is 0.574 bits per heavy atom. The molecular weight excluding hydrogens is 657 g/mol. The third kappa shape index (κ3) is 3.33. The second-order valence-electron chi connectivity index (χ2n) is 15.7. The van der Waals surface area contributed by atoms with E-state index in [1.54, 1.807) is 0 Å². The van der Waals surface area contributed by atoms with Gasteiger partial charge in [-0.1, -0.05) is 129 Å². The summed E-state index contributed by atoms with van der Waals surface area (Å²) >= 11 is 0. The number of hydrogen-bond donors (Lipinski definition) is 0. The first-order valence-corrected chi connectivity index (χ1v) is 18.9. The number of hydrogen-bond acceptors (Lipinski definition) is 2. The van der Waals surface area contributed by atoms with Crippen molar-refractivity contribution in [2.24, 2.45) is 0 Å². The lowest BCUT2D eigenvalue weighted by atomic mass is 9.45. The lowest BCUT2D eigenvalue weighted by Crippen LogP contribution is -2.56. The molecule has 3 aromatic heterocycles. The molecule has 0 atom stereocenters. The first kappa shape index (κ1) is 28.8. The van der Waals surface area contributed by atoms with Crippen LogP contribution in [0.1, 0.15) is 25.1 Å². The minimum Gasteiger partial charge on any atom is -0.439 e. The largest absolute Gasteiger partial charge is 0.439 e. The summed E-state index contributed by atoms with van der Waals surface area (Å²) in [7, 11) is 0. The number of rotatable bonds is 3. The van der Waals surface area contributed by atoms with Gasteiger partial charge in [-0.15, -0.1) is 0 Å². The summed E-state index contributed by atoms with van der Waals surface area (Å²) in [6, 6.07) is 57.8. The molecule has 10 aromatic rings. The van der Waals surface area contributed by atoms with Crippen molar-refractivity contribution in [1.29, 1.82) is 0 Å². The second-order valence-corrected chi connectivity index (χ2v) is 15.7. The van der Waals surface area contributed by atoms with Gasteiger partial charge in [-0.3, -0.25) is 4.57 Å². The van der Waals surface area contributed by atoms with E-state index in [0.717, 1.165) is 33.7 Å². The van der Waals surface area contributed by atoms with Crippen molar-refractivity contribution in [2.45, 2.75) is 19.3 Å².